The predicted octanol–water partition coefficient (Wildman–Crippen LogP) is 3.07. The fourth-order valence-electron chi connectivity index (χ4n) is 2.01. The van der Waals surface area contributed by atoms with Crippen LogP contribution in [0.1, 0.15) is 11.4 Å². The Kier molecular flexibility index (Phi) is 4.48. The summed E-state index contributed by atoms with van der Waals surface area (Å²) < 4.78 is 49.3. The number of rotatable bonds is 5. The molecule has 1 aromatic heterocycles. The van der Waals surface area contributed by atoms with Gasteiger partial charge in [-0.15, -0.1) is 0 Å². The first-order valence-corrected chi connectivity index (χ1v) is 6.41. The summed E-state index contributed by atoms with van der Waals surface area (Å²) in [6, 6.07) is 6.15. The van der Waals surface area contributed by atoms with Crippen LogP contribution in [0.25, 0.3) is 0 Å². The van der Waals surface area contributed by atoms with E-state index in [9.17, 15) is 13.2 Å². The monoisotopic (exact) mass is 315 g/mol. The molecule has 0 aliphatic heterocycles. The average molecular weight is 315 g/mol. The minimum atomic E-state index is -4.42. The van der Waals surface area contributed by atoms with Crippen LogP contribution < -0.4 is 14.8 Å². The number of anilines is 1. The van der Waals surface area contributed by atoms with Crippen LogP contribution in [0.5, 0.6) is 11.5 Å². The van der Waals surface area contributed by atoms with Crippen LogP contribution in [0.3, 0.4) is 0 Å². The first kappa shape index (κ1) is 16.0. The molecule has 0 atom stereocenters. The minimum Gasteiger partial charge on any atom is -0.497 e. The summed E-state index contributed by atoms with van der Waals surface area (Å²) in [6.45, 7) is 0.145. The van der Waals surface area contributed by atoms with Gasteiger partial charge >= 0.3 is 6.18 Å². The summed E-state index contributed by atoms with van der Waals surface area (Å²) in [5.41, 5.74) is 0.140. The lowest BCUT2D eigenvalue weighted by molar-refractivity contribution is -0.143. The minimum absolute atomic E-state index is 0.145. The second-order valence-corrected chi connectivity index (χ2v) is 4.56. The molecular weight excluding hydrogens is 299 g/mol. The molecule has 0 bridgehead atoms. The van der Waals surface area contributed by atoms with Gasteiger partial charge in [-0.3, -0.25) is 4.68 Å². The Hall–Kier alpha value is -2.38. The van der Waals surface area contributed by atoms with Crippen molar-refractivity contribution < 1.29 is 22.6 Å². The molecule has 22 heavy (non-hydrogen) atoms. The normalized spacial score (nSPS) is 11.4. The molecule has 8 heteroatoms. The molecule has 0 saturated carbocycles. The molecule has 5 nitrogen and oxygen atoms in total. The van der Waals surface area contributed by atoms with Gasteiger partial charge in [-0.05, 0) is 18.2 Å². The third-order valence-electron chi connectivity index (χ3n) is 3.09. The zero-order valence-corrected chi connectivity index (χ0v) is 12.4. The number of aromatic nitrogens is 2. The van der Waals surface area contributed by atoms with Crippen molar-refractivity contribution in [2.45, 2.75) is 12.7 Å². The van der Waals surface area contributed by atoms with Crippen LogP contribution in [-0.4, -0.2) is 24.0 Å². The number of nitrogens with zero attached hydrogens (tertiary/aromatic N) is 2. The topological polar surface area (TPSA) is 48.3 Å². The molecule has 1 heterocycles. The summed E-state index contributed by atoms with van der Waals surface area (Å²) >= 11 is 0. The van der Waals surface area contributed by atoms with Gasteiger partial charge in [0.15, 0.2) is 0 Å². The van der Waals surface area contributed by atoms with E-state index < -0.39 is 11.9 Å². The zero-order chi connectivity index (χ0) is 16.3. The largest absolute Gasteiger partial charge is 0.497 e. The molecule has 0 aliphatic carbocycles. The third kappa shape index (κ3) is 3.44. The van der Waals surface area contributed by atoms with Gasteiger partial charge in [0, 0.05) is 13.1 Å². The van der Waals surface area contributed by atoms with Crippen molar-refractivity contribution in [1.82, 2.24) is 9.78 Å². The van der Waals surface area contributed by atoms with Crippen LogP contribution in [0.15, 0.2) is 24.3 Å². The Bertz CT molecular complexity index is 653. The molecule has 0 radical (unpaired) electrons. The summed E-state index contributed by atoms with van der Waals surface area (Å²) in [5, 5.41) is 6.85. The van der Waals surface area contributed by atoms with E-state index in [1.165, 1.54) is 21.3 Å². The van der Waals surface area contributed by atoms with E-state index in [0.29, 0.717) is 17.2 Å². The van der Waals surface area contributed by atoms with Crippen molar-refractivity contribution >= 4 is 5.69 Å². The van der Waals surface area contributed by atoms with Gasteiger partial charge in [0.25, 0.3) is 0 Å². The number of ether oxygens (including phenoxy) is 2. The number of hydrogen-bond acceptors (Lipinski definition) is 4. The Morgan fingerprint density at radius 1 is 1.18 bits per heavy atom. The Labute approximate surface area is 125 Å². The first-order valence-electron chi connectivity index (χ1n) is 6.41. The van der Waals surface area contributed by atoms with Crippen LogP contribution >= 0.6 is 0 Å². The van der Waals surface area contributed by atoms with Gasteiger partial charge < -0.3 is 14.8 Å². The smallest absolute Gasteiger partial charge is 0.433 e. The van der Waals surface area contributed by atoms with E-state index in [1.807, 2.05) is 0 Å². The van der Waals surface area contributed by atoms with Crippen molar-refractivity contribution in [3.8, 4) is 11.5 Å². The SMILES string of the molecule is COc1ccc(NCc2cc(C(F)(F)F)n(C)n2)c(OC)c1. The van der Waals surface area contributed by atoms with E-state index in [1.54, 1.807) is 18.2 Å². The molecule has 0 unspecified atom stereocenters. The number of methoxy groups -OCH3 is 2. The lowest BCUT2D eigenvalue weighted by Crippen LogP contribution is -2.11. The molecule has 0 aliphatic rings. The fraction of sp³-hybridized carbons (Fsp3) is 0.357. The van der Waals surface area contributed by atoms with Crippen molar-refractivity contribution in [3.63, 3.8) is 0 Å². The summed E-state index contributed by atoms with van der Waals surface area (Å²) in [4.78, 5) is 0. The van der Waals surface area contributed by atoms with Gasteiger partial charge in [-0.1, -0.05) is 0 Å². The quantitative estimate of drug-likeness (QED) is 0.921. The van der Waals surface area contributed by atoms with E-state index >= 15 is 0 Å². The van der Waals surface area contributed by atoms with Crippen molar-refractivity contribution in [2.24, 2.45) is 7.05 Å². The number of halogens is 3. The van der Waals surface area contributed by atoms with Crippen LogP contribution in [-0.2, 0) is 19.8 Å². The van der Waals surface area contributed by atoms with Crippen molar-refractivity contribution in [3.05, 3.63) is 35.7 Å². The van der Waals surface area contributed by atoms with E-state index in [-0.39, 0.29) is 12.2 Å². The molecule has 120 valence electrons. The third-order valence-corrected chi connectivity index (χ3v) is 3.09. The van der Waals surface area contributed by atoms with Gasteiger partial charge in [0.2, 0.25) is 0 Å². The number of benzene rings is 1. The zero-order valence-electron chi connectivity index (χ0n) is 12.4. The second-order valence-electron chi connectivity index (χ2n) is 4.56. The predicted molar refractivity (Wildman–Crippen MR) is 75.1 cm³/mol. The van der Waals surface area contributed by atoms with Gasteiger partial charge in [0.05, 0.1) is 32.1 Å². The van der Waals surface area contributed by atoms with Gasteiger partial charge in [-0.2, -0.15) is 18.3 Å². The first-order chi connectivity index (χ1) is 10.3. The highest BCUT2D eigenvalue weighted by atomic mass is 19.4. The number of alkyl halides is 3. The van der Waals surface area contributed by atoms with Gasteiger partial charge in [-0.25, -0.2) is 0 Å². The highest BCUT2D eigenvalue weighted by molar-refractivity contribution is 5.59. The van der Waals surface area contributed by atoms with E-state index in [2.05, 4.69) is 10.4 Å². The molecule has 0 fully saturated rings. The molecule has 0 spiro atoms. The highest BCUT2D eigenvalue weighted by Crippen LogP contribution is 2.31. The van der Waals surface area contributed by atoms with Crippen LogP contribution in [0.4, 0.5) is 18.9 Å². The van der Waals surface area contributed by atoms with Crippen molar-refractivity contribution in [2.75, 3.05) is 19.5 Å². The molecular formula is C14H16F3N3O2. The second kappa shape index (κ2) is 6.17. The highest BCUT2D eigenvalue weighted by Gasteiger charge is 2.34. The summed E-state index contributed by atoms with van der Waals surface area (Å²) in [5.74, 6) is 1.16. The average Bonchev–Trinajstić information content (AvgIpc) is 2.86. The lowest BCUT2D eigenvalue weighted by Gasteiger charge is -2.11. The molecule has 0 amide bonds. The molecule has 0 saturated heterocycles. The van der Waals surface area contributed by atoms with Crippen LogP contribution in [0.2, 0.25) is 0 Å². The van der Waals surface area contributed by atoms with Gasteiger partial charge in [0.1, 0.15) is 17.2 Å². The van der Waals surface area contributed by atoms with E-state index in [0.717, 1.165) is 10.7 Å². The maximum atomic E-state index is 12.7. The Morgan fingerprint density at radius 3 is 2.45 bits per heavy atom. The Morgan fingerprint density at radius 2 is 1.91 bits per heavy atom. The maximum absolute atomic E-state index is 12.7. The fourth-order valence-corrected chi connectivity index (χ4v) is 2.01. The summed E-state index contributed by atoms with van der Waals surface area (Å²) in [6.07, 6.45) is -4.42. The standard InChI is InChI=1S/C14H16F3N3O2/c1-20-13(14(15,16)17)6-9(19-20)8-18-11-5-4-10(21-2)7-12(11)22-3/h4-7,18H,8H2,1-3H3. The molecule has 1 aromatic carbocycles. The number of aryl methyl sites for hydroxylation is 1. The molecule has 2 rings (SSSR count). The summed E-state index contributed by atoms with van der Waals surface area (Å²) in [7, 11) is 4.30. The molecule has 1 N–H and O–H groups in total. The van der Waals surface area contributed by atoms with Crippen molar-refractivity contribution in [1.29, 1.82) is 0 Å². The van der Waals surface area contributed by atoms with E-state index in [4.69, 9.17) is 9.47 Å². The molecule has 2 aromatic rings. The number of hydrogen-bond donors (Lipinski definition) is 1. The maximum Gasteiger partial charge on any atom is 0.433 e. The Balaban J connectivity index is 2.14. The lowest BCUT2D eigenvalue weighted by atomic mass is 10.2. The number of nitrogens with one attached hydrogen (secondary N) is 1. The van der Waals surface area contributed by atoms with Crippen LogP contribution in [0, 0.1) is 0 Å².